The van der Waals surface area contributed by atoms with E-state index in [0.29, 0.717) is 12.8 Å². The van der Waals surface area contributed by atoms with Crippen LogP contribution in [0.3, 0.4) is 0 Å². The molecule has 0 bridgehead atoms. The number of esters is 1. The fraction of sp³-hybridized carbons (Fsp3) is 0.650. The molecule has 0 aromatic heterocycles. The summed E-state index contributed by atoms with van der Waals surface area (Å²) >= 11 is 0. The van der Waals surface area contributed by atoms with E-state index in [1.807, 2.05) is 0 Å². The molecule has 2 N–H and O–H groups in total. The number of hydrogen-bond acceptors (Lipinski definition) is 7. The molecule has 170 valence electrons. The van der Waals surface area contributed by atoms with Crippen LogP contribution in [0.1, 0.15) is 52.9 Å². The highest BCUT2D eigenvalue weighted by molar-refractivity contribution is 5.99. The number of rotatable bonds is 9. The van der Waals surface area contributed by atoms with Crippen molar-refractivity contribution >= 4 is 29.7 Å². The second-order valence-corrected chi connectivity index (χ2v) is 6.63. The molecule has 3 amide bonds. The zero-order valence-electron chi connectivity index (χ0n) is 18.0. The summed E-state index contributed by atoms with van der Waals surface area (Å²) < 4.78 is 10.9. The second-order valence-electron chi connectivity index (χ2n) is 6.63. The molecule has 10 nitrogen and oxygen atoms in total. The van der Waals surface area contributed by atoms with E-state index in [1.165, 1.54) is 11.9 Å². The molecule has 1 aliphatic heterocycles. The topological polar surface area (TPSA) is 139 Å². The maximum absolute atomic E-state index is 12.1. The molecule has 0 spiro atoms. The van der Waals surface area contributed by atoms with Gasteiger partial charge in [-0.1, -0.05) is 27.4 Å². The molecule has 1 saturated heterocycles. The Morgan fingerprint density at radius 3 is 2.23 bits per heavy atom. The van der Waals surface area contributed by atoms with Crippen molar-refractivity contribution in [2.45, 2.75) is 65.2 Å². The molecule has 3 atom stereocenters. The van der Waals surface area contributed by atoms with E-state index < -0.39 is 30.2 Å². The van der Waals surface area contributed by atoms with Gasteiger partial charge in [0.25, 0.3) is 5.91 Å². The number of nitrogens with one attached hydrogen (secondary N) is 1. The van der Waals surface area contributed by atoms with Crippen molar-refractivity contribution < 1.29 is 38.6 Å². The Morgan fingerprint density at radius 2 is 1.77 bits per heavy atom. The number of hydrogen-bond donors (Lipinski definition) is 2. The summed E-state index contributed by atoms with van der Waals surface area (Å²) in [6, 6.07) is -0.643. The van der Waals surface area contributed by atoms with Gasteiger partial charge in [-0.3, -0.25) is 24.5 Å². The number of Topliss-reactive ketones (excluding diaryl/α,β-unsaturated/α-hetero) is 1. The van der Waals surface area contributed by atoms with Gasteiger partial charge in [0.15, 0.2) is 0 Å². The minimum absolute atomic E-state index is 0.0563. The van der Waals surface area contributed by atoms with Crippen LogP contribution in [-0.2, 0) is 28.7 Å². The van der Waals surface area contributed by atoms with Crippen LogP contribution in [-0.4, -0.2) is 65.7 Å². The highest BCUT2D eigenvalue weighted by Crippen LogP contribution is 2.32. The normalized spacial score (nSPS) is 19.7. The number of ketones is 1. The van der Waals surface area contributed by atoms with Gasteiger partial charge in [-0.15, -0.1) is 0 Å². The van der Waals surface area contributed by atoms with Crippen LogP contribution >= 0.6 is 0 Å². The van der Waals surface area contributed by atoms with Gasteiger partial charge in [-0.2, -0.15) is 0 Å². The lowest BCUT2D eigenvalue weighted by Gasteiger charge is -2.28. The number of carboxylic acids is 1. The van der Waals surface area contributed by atoms with Crippen molar-refractivity contribution in [1.82, 2.24) is 10.2 Å². The van der Waals surface area contributed by atoms with Crippen LogP contribution in [0.5, 0.6) is 0 Å². The first-order valence-corrected chi connectivity index (χ1v) is 9.84. The van der Waals surface area contributed by atoms with E-state index >= 15 is 0 Å². The van der Waals surface area contributed by atoms with Crippen molar-refractivity contribution in [3.63, 3.8) is 0 Å². The molecule has 30 heavy (non-hydrogen) atoms. The molecule has 2 unspecified atom stereocenters. The van der Waals surface area contributed by atoms with Gasteiger partial charge in [-0.25, -0.2) is 4.79 Å². The summed E-state index contributed by atoms with van der Waals surface area (Å²) in [5.74, 6) is -1.88. The highest BCUT2D eigenvalue weighted by atomic mass is 16.6. The highest BCUT2D eigenvalue weighted by Gasteiger charge is 2.40. The number of ether oxygens (including phenoxy) is 2. The minimum atomic E-state index is -0.745. The average Bonchev–Trinajstić information content (AvgIpc) is 3.13. The summed E-state index contributed by atoms with van der Waals surface area (Å²) in [6.45, 7) is 8.42. The number of amides is 3. The monoisotopic (exact) mass is 428 g/mol. The smallest absolute Gasteiger partial charge is 0.326 e. The molecule has 1 aliphatic rings. The van der Waals surface area contributed by atoms with E-state index in [-0.39, 0.29) is 43.5 Å². The Kier molecular flexibility index (Phi) is 13.0. The SMILES string of the molecule is C=CC(=O)NC(=O)N(C)C1OC(COC(=O)CC)C[C@H]1CC(=O)CC.CCC(=O)O. The largest absolute Gasteiger partial charge is 0.481 e. The number of imide groups is 1. The molecule has 10 heteroatoms. The minimum Gasteiger partial charge on any atom is -0.481 e. The maximum atomic E-state index is 12.1. The Hall–Kier alpha value is -2.75. The van der Waals surface area contributed by atoms with E-state index in [4.69, 9.17) is 14.6 Å². The molecular formula is C20H32N2O8. The Balaban J connectivity index is 0.00000150. The Bertz CT molecular complexity index is 634. The predicted octanol–water partition coefficient (Wildman–Crippen LogP) is 1.87. The molecule has 0 aliphatic carbocycles. The van der Waals surface area contributed by atoms with Gasteiger partial charge >= 0.3 is 18.0 Å². The van der Waals surface area contributed by atoms with Crippen molar-refractivity contribution in [3.8, 4) is 0 Å². The predicted molar refractivity (Wildman–Crippen MR) is 107 cm³/mol. The van der Waals surface area contributed by atoms with Crippen LogP contribution in [0.25, 0.3) is 0 Å². The third kappa shape index (κ3) is 10.1. The van der Waals surface area contributed by atoms with Gasteiger partial charge in [0, 0.05) is 38.6 Å². The number of carbonyl (C=O) groups excluding carboxylic acids is 4. The Morgan fingerprint density at radius 1 is 1.17 bits per heavy atom. The van der Waals surface area contributed by atoms with E-state index in [9.17, 15) is 24.0 Å². The summed E-state index contributed by atoms with van der Waals surface area (Å²) in [4.78, 5) is 57.1. The molecule has 0 saturated carbocycles. The first-order valence-electron chi connectivity index (χ1n) is 9.84. The molecule has 1 rings (SSSR count). The van der Waals surface area contributed by atoms with Crippen LogP contribution in [0.15, 0.2) is 12.7 Å². The van der Waals surface area contributed by atoms with Gasteiger partial charge in [0.2, 0.25) is 0 Å². The van der Waals surface area contributed by atoms with Crippen LogP contribution in [0.4, 0.5) is 4.79 Å². The van der Waals surface area contributed by atoms with E-state index in [1.54, 1.807) is 20.8 Å². The standard InChI is InChI=1S/C17H26N2O6.C3H6O2/c1-5-12(20)8-11-9-13(10-24-15(22)7-3)25-16(11)19(4)17(23)18-14(21)6-2;1-2-3(4)5/h6,11,13,16H,2,5,7-10H2,1,3-4H3,(H,18,21,23);2H2,1H3,(H,4,5)/t11-,13?,16?;/m1./s1. The van der Waals surface area contributed by atoms with Crippen LogP contribution in [0.2, 0.25) is 0 Å². The summed E-state index contributed by atoms with van der Waals surface area (Å²) in [6.07, 6.45) is 1.53. The third-order valence-corrected chi connectivity index (χ3v) is 4.32. The zero-order valence-corrected chi connectivity index (χ0v) is 18.0. The first kappa shape index (κ1) is 27.2. The quantitative estimate of drug-likeness (QED) is 0.419. The average molecular weight is 428 g/mol. The summed E-state index contributed by atoms with van der Waals surface area (Å²) in [7, 11) is 1.49. The van der Waals surface area contributed by atoms with Gasteiger partial charge < -0.3 is 19.5 Å². The number of aliphatic carboxylic acids is 1. The first-order chi connectivity index (χ1) is 14.1. The van der Waals surface area contributed by atoms with E-state index in [2.05, 4.69) is 11.9 Å². The zero-order chi connectivity index (χ0) is 23.3. The fourth-order valence-corrected chi connectivity index (χ4v) is 2.60. The molecule has 1 heterocycles. The molecule has 0 aromatic carbocycles. The fourth-order valence-electron chi connectivity index (χ4n) is 2.60. The third-order valence-electron chi connectivity index (χ3n) is 4.32. The molecule has 0 radical (unpaired) electrons. The van der Waals surface area contributed by atoms with E-state index in [0.717, 1.165) is 6.08 Å². The lowest BCUT2D eigenvalue weighted by Crippen LogP contribution is -2.47. The second kappa shape index (κ2) is 14.3. The van der Waals surface area contributed by atoms with Crippen molar-refractivity contribution in [2.75, 3.05) is 13.7 Å². The number of nitrogens with zero attached hydrogens (tertiary/aromatic N) is 1. The molecular weight excluding hydrogens is 396 g/mol. The van der Waals surface area contributed by atoms with Gasteiger partial charge in [0.1, 0.15) is 18.6 Å². The maximum Gasteiger partial charge on any atom is 0.326 e. The number of urea groups is 1. The van der Waals surface area contributed by atoms with Crippen molar-refractivity contribution in [1.29, 1.82) is 0 Å². The molecule has 0 aromatic rings. The lowest BCUT2D eigenvalue weighted by atomic mass is 9.95. The number of carbonyl (C=O) groups is 5. The summed E-state index contributed by atoms with van der Waals surface area (Å²) in [5, 5.41) is 9.87. The Labute approximate surface area is 176 Å². The van der Waals surface area contributed by atoms with Crippen molar-refractivity contribution in [2.24, 2.45) is 5.92 Å². The molecule has 1 fully saturated rings. The summed E-state index contributed by atoms with van der Waals surface area (Å²) in [5.41, 5.74) is 0. The lowest BCUT2D eigenvalue weighted by molar-refractivity contribution is -0.148. The van der Waals surface area contributed by atoms with Crippen LogP contribution < -0.4 is 5.32 Å². The van der Waals surface area contributed by atoms with Gasteiger partial charge in [-0.05, 0) is 12.5 Å². The van der Waals surface area contributed by atoms with Crippen molar-refractivity contribution in [3.05, 3.63) is 12.7 Å². The van der Waals surface area contributed by atoms with Gasteiger partial charge in [0.05, 0.1) is 6.10 Å². The number of carboxylic acid groups (broad SMARTS) is 1. The van der Waals surface area contributed by atoms with Crippen LogP contribution in [0, 0.1) is 5.92 Å².